The molecule has 0 saturated carbocycles. The highest BCUT2D eigenvalue weighted by atomic mass is 35.5. The summed E-state index contributed by atoms with van der Waals surface area (Å²) in [5.41, 5.74) is 5.58. The average molecular weight is 522 g/mol. The maximum absolute atomic E-state index is 14.5. The van der Waals surface area contributed by atoms with Crippen molar-refractivity contribution in [2.75, 3.05) is 7.11 Å². The first-order valence-corrected chi connectivity index (χ1v) is 12.6. The van der Waals surface area contributed by atoms with Crippen LogP contribution in [0.1, 0.15) is 35.2 Å². The summed E-state index contributed by atoms with van der Waals surface area (Å²) in [5.74, 6) is -0.122. The molecule has 0 fully saturated rings. The van der Waals surface area contributed by atoms with Gasteiger partial charge in [-0.15, -0.1) is 0 Å². The summed E-state index contributed by atoms with van der Waals surface area (Å²) in [4.78, 5) is -0.444. The fourth-order valence-corrected chi connectivity index (χ4v) is 5.64. The molecule has 1 aliphatic rings. The zero-order valence-corrected chi connectivity index (χ0v) is 20.7. The number of methoxy groups -OCH3 is 1. The highest BCUT2D eigenvalue weighted by molar-refractivity contribution is 7.89. The molecule has 2 N–H and O–H groups in total. The Morgan fingerprint density at radius 2 is 1.85 bits per heavy atom. The molecule has 2 atom stereocenters. The lowest BCUT2D eigenvalue weighted by molar-refractivity contribution is 0.414. The number of hydrazone groups is 1. The van der Waals surface area contributed by atoms with Crippen molar-refractivity contribution in [1.29, 1.82) is 0 Å². The Balaban J connectivity index is 1.68. The largest absolute Gasteiger partial charge is 0.497 e. The molecule has 1 aliphatic heterocycles. The molecule has 4 rings (SSSR count). The third-order valence-corrected chi connectivity index (χ3v) is 7.55. The van der Waals surface area contributed by atoms with Crippen LogP contribution in [-0.2, 0) is 10.0 Å². The molecule has 0 aromatic heterocycles. The molecule has 6 nitrogen and oxygen atoms in total. The first-order valence-electron chi connectivity index (χ1n) is 10.4. The highest BCUT2D eigenvalue weighted by Crippen LogP contribution is 2.34. The van der Waals surface area contributed by atoms with Gasteiger partial charge in [0.15, 0.2) is 0 Å². The van der Waals surface area contributed by atoms with Crippen molar-refractivity contribution in [3.05, 3.63) is 93.2 Å². The summed E-state index contributed by atoms with van der Waals surface area (Å²) in [6.07, 6.45) is 0.398. The lowest BCUT2D eigenvalue weighted by Gasteiger charge is -2.21. The van der Waals surface area contributed by atoms with E-state index in [1.54, 1.807) is 26.2 Å². The molecule has 0 radical (unpaired) electrons. The van der Waals surface area contributed by atoms with Crippen LogP contribution in [0.3, 0.4) is 0 Å². The van der Waals surface area contributed by atoms with Crippen LogP contribution in [0.4, 0.5) is 4.39 Å². The molecular formula is C24H22Cl2FN3O3S. The molecule has 0 amide bonds. The summed E-state index contributed by atoms with van der Waals surface area (Å²) >= 11 is 12.5. The van der Waals surface area contributed by atoms with Crippen LogP contribution in [-0.4, -0.2) is 21.2 Å². The zero-order valence-electron chi connectivity index (χ0n) is 18.3. The molecule has 10 heteroatoms. The first-order chi connectivity index (χ1) is 16.2. The van der Waals surface area contributed by atoms with Gasteiger partial charge < -0.3 is 10.2 Å². The van der Waals surface area contributed by atoms with E-state index in [-0.39, 0.29) is 11.1 Å². The van der Waals surface area contributed by atoms with Crippen molar-refractivity contribution in [2.45, 2.75) is 30.3 Å². The molecule has 3 aromatic rings. The van der Waals surface area contributed by atoms with Crippen LogP contribution in [0, 0.1) is 12.7 Å². The molecule has 0 spiro atoms. The monoisotopic (exact) mass is 521 g/mol. The smallest absolute Gasteiger partial charge is 0.244 e. The Morgan fingerprint density at radius 1 is 1.12 bits per heavy atom. The van der Waals surface area contributed by atoms with Gasteiger partial charge >= 0.3 is 0 Å². The van der Waals surface area contributed by atoms with E-state index in [4.69, 9.17) is 27.9 Å². The zero-order chi connectivity index (χ0) is 24.5. The van der Waals surface area contributed by atoms with Crippen LogP contribution in [0.5, 0.6) is 5.75 Å². The molecule has 3 aromatic carbocycles. The van der Waals surface area contributed by atoms with E-state index >= 15 is 0 Å². The lowest BCUT2D eigenvalue weighted by atomic mass is 9.96. The second-order valence-corrected chi connectivity index (χ2v) is 10.4. The highest BCUT2D eigenvalue weighted by Gasteiger charge is 2.33. The van der Waals surface area contributed by atoms with E-state index in [1.807, 2.05) is 24.3 Å². The Labute approximate surface area is 207 Å². The van der Waals surface area contributed by atoms with Gasteiger partial charge in [-0.1, -0.05) is 47.5 Å². The number of halogens is 3. The molecular weight excluding hydrogens is 500 g/mol. The second-order valence-electron chi connectivity index (χ2n) is 7.92. The SMILES string of the molecule is COc1ccc(C2CC(C(NS(=O)(=O)c3cc(C)ccc3F)c3ccc(Cl)cc3Cl)=NN2)cc1. The predicted molar refractivity (Wildman–Crippen MR) is 132 cm³/mol. The van der Waals surface area contributed by atoms with Gasteiger partial charge in [0.1, 0.15) is 16.5 Å². The topological polar surface area (TPSA) is 79.8 Å². The molecule has 0 bridgehead atoms. The number of benzene rings is 3. The molecule has 178 valence electrons. The third-order valence-electron chi connectivity index (χ3n) is 5.55. The maximum Gasteiger partial charge on any atom is 0.244 e. The van der Waals surface area contributed by atoms with Gasteiger partial charge in [-0.2, -0.15) is 9.82 Å². The van der Waals surface area contributed by atoms with Crippen molar-refractivity contribution < 1.29 is 17.5 Å². The number of sulfonamides is 1. The van der Waals surface area contributed by atoms with Gasteiger partial charge in [0.2, 0.25) is 10.0 Å². The van der Waals surface area contributed by atoms with E-state index < -0.39 is 26.8 Å². The normalized spacial score (nSPS) is 16.6. The quantitative estimate of drug-likeness (QED) is 0.426. The predicted octanol–water partition coefficient (Wildman–Crippen LogP) is 5.56. The first kappa shape index (κ1) is 24.5. The van der Waals surface area contributed by atoms with Gasteiger partial charge in [-0.25, -0.2) is 12.8 Å². The minimum atomic E-state index is -4.26. The van der Waals surface area contributed by atoms with Crippen LogP contribution in [0.15, 0.2) is 70.7 Å². The van der Waals surface area contributed by atoms with Gasteiger partial charge in [-0.05, 0) is 60.0 Å². The fraction of sp³-hybridized carbons (Fsp3) is 0.208. The van der Waals surface area contributed by atoms with Crippen LogP contribution < -0.4 is 14.9 Å². The summed E-state index contributed by atoms with van der Waals surface area (Å²) in [6.45, 7) is 1.69. The number of hydrogen-bond acceptors (Lipinski definition) is 5. The van der Waals surface area contributed by atoms with Gasteiger partial charge in [0.25, 0.3) is 0 Å². The van der Waals surface area contributed by atoms with Crippen molar-refractivity contribution in [1.82, 2.24) is 10.1 Å². The molecule has 2 unspecified atom stereocenters. The fourth-order valence-electron chi connectivity index (χ4n) is 3.75. The van der Waals surface area contributed by atoms with E-state index in [9.17, 15) is 12.8 Å². The molecule has 0 aliphatic carbocycles. The number of ether oxygens (including phenoxy) is 1. The number of nitrogens with zero attached hydrogens (tertiary/aromatic N) is 1. The average Bonchev–Trinajstić information content (AvgIpc) is 3.29. The Hall–Kier alpha value is -2.65. The number of aryl methyl sites for hydroxylation is 1. The van der Waals surface area contributed by atoms with Crippen molar-refractivity contribution >= 4 is 38.9 Å². The number of rotatable bonds is 7. The standard InChI is InChI=1S/C24H22Cl2FN3O3S/c1-14-3-10-20(27)23(11-14)34(31,32)30-24(18-9-6-16(25)12-19(18)26)22-13-21(28-29-22)15-4-7-17(33-2)8-5-15/h3-12,21,24,28,30H,13H2,1-2H3. The molecule has 34 heavy (non-hydrogen) atoms. The van der Waals surface area contributed by atoms with E-state index in [0.717, 1.165) is 17.4 Å². The van der Waals surface area contributed by atoms with Crippen molar-refractivity contribution in [2.24, 2.45) is 5.10 Å². The molecule has 0 saturated heterocycles. The van der Waals surface area contributed by atoms with Gasteiger partial charge in [0, 0.05) is 16.5 Å². The van der Waals surface area contributed by atoms with E-state index in [2.05, 4.69) is 15.2 Å². The Kier molecular flexibility index (Phi) is 7.14. The minimum absolute atomic E-state index is 0.185. The van der Waals surface area contributed by atoms with Gasteiger partial charge in [0.05, 0.1) is 24.9 Å². The third kappa shape index (κ3) is 5.20. The van der Waals surface area contributed by atoms with Crippen LogP contribution >= 0.6 is 23.2 Å². The van der Waals surface area contributed by atoms with Crippen LogP contribution in [0.25, 0.3) is 0 Å². The minimum Gasteiger partial charge on any atom is -0.497 e. The number of hydrogen-bond donors (Lipinski definition) is 2. The molecule has 1 heterocycles. The summed E-state index contributed by atoms with van der Waals surface area (Å²) in [5, 5.41) is 5.09. The second kappa shape index (κ2) is 9.92. The Morgan fingerprint density at radius 3 is 2.53 bits per heavy atom. The summed E-state index contributed by atoms with van der Waals surface area (Å²) < 4.78 is 48.7. The van der Waals surface area contributed by atoms with Crippen LogP contribution in [0.2, 0.25) is 10.0 Å². The van der Waals surface area contributed by atoms with Crippen molar-refractivity contribution in [3.8, 4) is 5.75 Å². The summed E-state index contributed by atoms with van der Waals surface area (Å²) in [6, 6.07) is 15.1. The number of nitrogens with one attached hydrogen (secondary N) is 2. The van der Waals surface area contributed by atoms with Gasteiger partial charge in [-0.3, -0.25) is 0 Å². The lowest BCUT2D eigenvalue weighted by Crippen LogP contribution is -2.34. The summed E-state index contributed by atoms with van der Waals surface area (Å²) in [7, 11) is -2.67. The Bertz CT molecular complexity index is 1350. The van der Waals surface area contributed by atoms with Crippen molar-refractivity contribution in [3.63, 3.8) is 0 Å². The maximum atomic E-state index is 14.5. The van der Waals surface area contributed by atoms with E-state index in [0.29, 0.717) is 28.3 Å². The van der Waals surface area contributed by atoms with E-state index in [1.165, 1.54) is 18.2 Å².